The van der Waals surface area contributed by atoms with E-state index in [-0.39, 0.29) is 29.1 Å². The zero-order valence-electron chi connectivity index (χ0n) is 31.1. The Morgan fingerprint density at radius 2 is 1.64 bits per heavy atom. The Labute approximate surface area is 311 Å². The number of benzene rings is 2. The number of para-hydroxylation sites is 1. The Balaban J connectivity index is 0.786. The number of hydrogen-bond acceptors (Lipinski definition) is 11. The molecule has 2 aromatic carbocycles. The third kappa shape index (κ3) is 7.27. The van der Waals surface area contributed by atoms with E-state index >= 15 is 0 Å². The summed E-state index contributed by atoms with van der Waals surface area (Å²) in [4.78, 5) is 36.6. The van der Waals surface area contributed by atoms with Crippen LogP contribution in [0.3, 0.4) is 0 Å². The lowest BCUT2D eigenvalue weighted by Gasteiger charge is -2.58. The number of phenolic OH excluding ortho intramolecular Hbond substituents is 1. The van der Waals surface area contributed by atoms with Crippen LogP contribution in [0.25, 0.3) is 11.3 Å². The SMILES string of the molecule is CC(C)(C)OC(=O)N1CC2(CC(C(=O)N3CCN(CCOc4cccc(N5C6CCC5CN(c5cc(-c7ccccc7O)nnc5N)C6)c4)CC3)C2)C1. The minimum atomic E-state index is -0.492. The molecule has 5 fully saturated rings. The van der Waals surface area contributed by atoms with Crippen molar-refractivity contribution in [3.63, 3.8) is 0 Å². The number of carbonyl (C=O) groups is 2. The van der Waals surface area contributed by atoms with Gasteiger partial charge in [-0.15, -0.1) is 10.2 Å². The first-order valence-electron chi connectivity index (χ1n) is 19.1. The van der Waals surface area contributed by atoms with Gasteiger partial charge in [0.1, 0.15) is 23.7 Å². The molecule has 5 heterocycles. The molecule has 5 aliphatic rings. The van der Waals surface area contributed by atoms with Crippen molar-refractivity contribution >= 4 is 29.2 Å². The van der Waals surface area contributed by atoms with Crippen LogP contribution >= 0.6 is 0 Å². The molecule has 4 aliphatic heterocycles. The van der Waals surface area contributed by atoms with Crippen LogP contribution in [0.1, 0.15) is 46.5 Å². The number of aromatic nitrogens is 2. The van der Waals surface area contributed by atoms with E-state index in [2.05, 4.69) is 43.1 Å². The standard InChI is InChI=1S/C40H52N8O5/c1-39(2,3)53-38(51)47-25-40(26-47)21-27(22-40)37(50)45-15-13-44(14-16-45)17-18-52-31-8-6-7-28(19-31)48-29-11-12-30(48)24-46(23-29)34-20-33(42-43-36(34)41)32-9-4-5-10-35(32)49/h4-10,19-20,27,29-30,49H,11-18,21-26H2,1-3H3,(H2,41,43). The monoisotopic (exact) mass is 724 g/mol. The molecule has 1 spiro atoms. The van der Waals surface area contributed by atoms with Gasteiger partial charge in [-0.25, -0.2) is 4.79 Å². The molecule has 282 valence electrons. The third-order valence-corrected chi connectivity index (χ3v) is 11.7. The zero-order valence-corrected chi connectivity index (χ0v) is 31.1. The van der Waals surface area contributed by atoms with Crippen LogP contribution in [0.4, 0.5) is 22.0 Å². The average Bonchev–Trinajstić information content (AvgIpc) is 3.36. The van der Waals surface area contributed by atoms with Gasteiger partial charge in [-0.3, -0.25) is 9.69 Å². The zero-order chi connectivity index (χ0) is 36.9. The minimum Gasteiger partial charge on any atom is -0.507 e. The van der Waals surface area contributed by atoms with Crippen LogP contribution < -0.4 is 20.3 Å². The molecule has 4 saturated heterocycles. The maximum atomic E-state index is 13.3. The van der Waals surface area contributed by atoms with Crippen molar-refractivity contribution in [2.45, 2.75) is 64.1 Å². The highest BCUT2D eigenvalue weighted by Crippen LogP contribution is 2.52. The minimum absolute atomic E-state index is 0.0739. The van der Waals surface area contributed by atoms with E-state index in [9.17, 15) is 14.7 Å². The predicted octanol–water partition coefficient (Wildman–Crippen LogP) is 4.46. The largest absolute Gasteiger partial charge is 0.507 e. The van der Waals surface area contributed by atoms with Crippen LogP contribution in [-0.2, 0) is 9.53 Å². The molecular weight excluding hydrogens is 672 g/mol. The van der Waals surface area contributed by atoms with Crippen molar-refractivity contribution in [2.24, 2.45) is 11.3 Å². The van der Waals surface area contributed by atoms with Gasteiger partial charge in [0.25, 0.3) is 0 Å². The number of phenols is 1. The van der Waals surface area contributed by atoms with Crippen molar-refractivity contribution in [3.8, 4) is 22.8 Å². The second-order valence-corrected chi connectivity index (χ2v) is 16.7. The van der Waals surface area contributed by atoms with Gasteiger partial charge in [0.15, 0.2) is 5.82 Å². The lowest BCUT2D eigenvalue weighted by atomic mass is 9.57. The summed E-state index contributed by atoms with van der Waals surface area (Å²) in [5, 5.41) is 18.9. The number of rotatable bonds is 8. The number of fused-ring (bicyclic) bond motifs is 2. The van der Waals surface area contributed by atoms with E-state index in [0.29, 0.717) is 48.9 Å². The number of aromatic hydroxyl groups is 1. The van der Waals surface area contributed by atoms with E-state index in [1.807, 2.05) is 49.9 Å². The quantitative estimate of drug-likeness (QED) is 0.340. The van der Waals surface area contributed by atoms with Crippen LogP contribution in [0.2, 0.25) is 0 Å². The second-order valence-electron chi connectivity index (χ2n) is 16.7. The van der Waals surface area contributed by atoms with Crippen LogP contribution in [0, 0.1) is 11.3 Å². The molecule has 13 heteroatoms. The maximum absolute atomic E-state index is 13.3. The van der Waals surface area contributed by atoms with Crippen molar-refractivity contribution in [3.05, 3.63) is 54.6 Å². The van der Waals surface area contributed by atoms with E-state index in [1.54, 1.807) is 17.0 Å². The molecule has 2 bridgehead atoms. The summed E-state index contributed by atoms with van der Waals surface area (Å²) in [6.07, 6.45) is 3.68. The Morgan fingerprint density at radius 1 is 0.925 bits per heavy atom. The number of ether oxygens (including phenoxy) is 2. The highest BCUT2D eigenvalue weighted by Gasteiger charge is 2.56. The Bertz CT molecular complexity index is 1810. The first kappa shape index (κ1) is 35.3. The molecule has 2 amide bonds. The molecule has 53 heavy (non-hydrogen) atoms. The molecule has 13 nitrogen and oxygen atoms in total. The summed E-state index contributed by atoms with van der Waals surface area (Å²) >= 11 is 0. The lowest BCUT2D eigenvalue weighted by Crippen LogP contribution is -2.66. The highest BCUT2D eigenvalue weighted by molar-refractivity contribution is 5.81. The van der Waals surface area contributed by atoms with Gasteiger partial charge in [0.2, 0.25) is 5.91 Å². The van der Waals surface area contributed by atoms with Crippen LogP contribution in [-0.4, -0.2) is 125 Å². The molecule has 1 saturated carbocycles. The highest BCUT2D eigenvalue weighted by atomic mass is 16.6. The topological polar surface area (TPSA) is 141 Å². The number of carbonyl (C=O) groups excluding carboxylic acids is 2. The Kier molecular flexibility index (Phi) is 9.24. The summed E-state index contributed by atoms with van der Waals surface area (Å²) in [6, 6.07) is 18.2. The Hall–Kier alpha value is -4.78. The fourth-order valence-corrected chi connectivity index (χ4v) is 9.10. The summed E-state index contributed by atoms with van der Waals surface area (Å²) in [7, 11) is 0. The maximum Gasteiger partial charge on any atom is 0.410 e. The summed E-state index contributed by atoms with van der Waals surface area (Å²) in [6.45, 7) is 13.3. The summed E-state index contributed by atoms with van der Waals surface area (Å²) < 4.78 is 11.8. The number of piperazine rings is 2. The van der Waals surface area contributed by atoms with E-state index in [4.69, 9.17) is 15.2 Å². The van der Waals surface area contributed by atoms with Crippen molar-refractivity contribution in [1.29, 1.82) is 0 Å². The fourth-order valence-electron chi connectivity index (χ4n) is 9.10. The number of amides is 2. The van der Waals surface area contributed by atoms with Gasteiger partial charge >= 0.3 is 6.09 Å². The number of nitrogen functional groups attached to an aromatic ring is 1. The molecular formula is C40H52N8O5. The smallest absolute Gasteiger partial charge is 0.410 e. The summed E-state index contributed by atoms with van der Waals surface area (Å²) in [5.41, 5.74) is 9.24. The average molecular weight is 725 g/mol. The lowest BCUT2D eigenvalue weighted by molar-refractivity contribution is -0.154. The Morgan fingerprint density at radius 3 is 2.34 bits per heavy atom. The van der Waals surface area contributed by atoms with Crippen molar-refractivity contribution in [1.82, 2.24) is 24.9 Å². The number of hydrogen-bond donors (Lipinski definition) is 2. The van der Waals surface area contributed by atoms with Crippen LogP contribution in [0.5, 0.6) is 11.5 Å². The van der Waals surface area contributed by atoms with Gasteiger partial charge < -0.3 is 39.9 Å². The molecule has 2 unspecified atom stereocenters. The van der Waals surface area contributed by atoms with Crippen molar-refractivity contribution < 1.29 is 24.2 Å². The molecule has 3 N–H and O–H groups in total. The third-order valence-electron chi connectivity index (χ3n) is 11.7. The molecule has 3 aromatic rings. The number of nitrogens with two attached hydrogens (primary N) is 1. The molecule has 1 aliphatic carbocycles. The van der Waals surface area contributed by atoms with E-state index < -0.39 is 5.60 Å². The van der Waals surface area contributed by atoms with E-state index in [1.165, 1.54) is 5.69 Å². The number of nitrogens with zero attached hydrogens (tertiary/aromatic N) is 7. The van der Waals surface area contributed by atoms with Crippen LogP contribution in [0.15, 0.2) is 54.6 Å². The van der Waals surface area contributed by atoms with E-state index in [0.717, 1.165) is 82.9 Å². The van der Waals surface area contributed by atoms with Gasteiger partial charge in [0.05, 0.1) is 11.4 Å². The first-order valence-corrected chi connectivity index (χ1v) is 19.1. The predicted molar refractivity (Wildman–Crippen MR) is 203 cm³/mol. The van der Waals surface area contributed by atoms with Gasteiger partial charge in [0, 0.05) is 99.6 Å². The molecule has 2 atom stereocenters. The van der Waals surface area contributed by atoms with Gasteiger partial charge in [-0.05, 0) is 76.8 Å². The first-order chi connectivity index (χ1) is 25.4. The number of likely N-dealkylation sites (tertiary alicyclic amines) is 1. The van der Waals surface area contributed by atoms with Gasteiger partial charge in [-0.2, -0.15) is 0 Å². The fraction of sp³-hybridized carbons (Fsp3) is 0.550. The molecule has 0 radical (unpaired) electrons. The van der Waals surface area contributed by atoms with Gasteiger partial charge in [-0.1, -0.05) is 18.2 Å². The summed E-state index contributed by atoms with van der Waals surface area (Å²) in [5.74, 6) is 1.78. The number of anilines is 3. The van der Waals surface area contributed by atoms with Crippen molar-refractivity contribution in [2.75, 3.05) is 81.0 Å². The second kappa shape index (κ2) is 13.9. The molecule has 1 aromatic heterocycles. The molecule has 8 rings (SSSR count). The normalized spacial score (nSPS) is 22.8.